The van der Waals surface area contributed by atoms with E-state index in [1.807, 2.05) is 56.3 Å². The van der Waals surface area contributed by atoms with Crippen LogP contribution < -0.4 is 5.32 Å². The molecule has 2 aromatic rings. The second kappa shape index (κ2) is 10.6. The lowest BCUT2D eigenvalue weighted by atomic mass is 9.96. The van der Waals surface area contributed by atoms with E-state index in [0.29, 0.717) is 19.6 Å². The Bertz CT molecular complexity index is 775. The monoisotopic (exact) mass is 403 g/mol. The molecule has 0 aliphatic heterocycles. The Morgan fingerprint density at radius 3 is 2.28 bits per heavy atom. The van der Waals surface area contributed by atoms with Gasteiger partial charge >= 0.3 is 6.09 Å². The SMILES string of the molecule is CCOC(OCC)C(O)C(Cc1cccc2ccccc12)NC(=O)OC(C)(C)C. The van der Waals surface area contributed by atoms with Gasteiger partial charge in [-0.3, -0.25) is 0 Å². The van der Waals surface area contributed by atoms with Gasteiger partial charge in [-0.15, -0.1) is 0 Å². The molecule has 2 unspecified atom stereocenters. The van der Waals surface area contributed by atoms with Gasteiger partial charge in [0.2, 0.25) is 0 Å². The van der Waals surface area contributed by atoms with Gasteiger partial charge in [-0.1, -0.05) is 42.5 Å². The van der Waals surface area contributed by atoms with Gasteiger partial charge in [-0.05, 0) is 57.4 Å². The number of aliphatic hydroxyl groups is 1. The minimum atomic E-state index is -1.07. The van der Waals surface area contributed by atoms with Crippen molar-refractivity contribution in [3.63, 3.8) is 0 Å². The lowest BCUT2D eigenvalue weighted by Crippen LogP contribution is -2.52. The molecule has 2 aromatic carbocycles. The van der Waals surface area contributed by atoms with Crippen LogP contribution in [0.3, 0.4) is 0 Å². The van der Waals surface area contributed by atoms with Crippen molar-refractivity contribution in [2.24, 2.45) is 0 Å². The van der Waals surface area contributed by atoms with Crippen molar-refractivity contribution in [2.45, 2.75) is 65.1 Å². The highest BCUT2D eigenvalue weighted by molar-refractivity contribution is 5.85. The van der Waals surface area contributed by atoms with Crippen molar-refractivity contribution < 1.29 is 24.1 Å². The number of carbonyl (C=O) groups is 1. The highest BCUT2D eigenvalue weighted by Gasteiger charge is 2.32. The van der Waals surface area contributed by atoms with Crippen molar-refractivity contribution in [1.82, 2.24) is 5.32 Å². The van der Waals surface area contributed by atoms with E-state index in [1.54, 1.807) is 20.8 Å². The van der Waals surface area contributed by atoms with Crippen LogP contribution in [0.25, 0.3) is 10.8 Å². The van der Waals surface area contributed by atoms with Crippen LogP contribution in [-0.4, -0.2) is 48.5 Å². The van der Waals surface area contributed by atoms with Gasteiger partial charge in [0.1, 0.15) is 11.7 Å². The van der Waals surface area contributed by atoms with E-state index in [-0.39, 0.29) is 0 Å². The third kappa shape index (κ3) is 6.99. The summed E-state index contributed by atoms with van der Waals surface area (Å²) < 4.78 is 16.5. The molecule has 2 N–H and O–H groups in total. The van der Waals surface area contributed by atoms with Crippen molar-refractivity contribution in [3.8, 4) is 0 Å². The van der Waals surface area contributed by atoms with Gasteiger partial charge in [-0.2, -0.15) is 0 Å². The van der Waals surface area contributed by atoms with Gasteiger partial charge < -0.3 is 24.6 Å². The zero-order valence-corrected chi connectivity index (χ0v) is 18.0. The van der Waals surface area contributed by atoms with E-state index in [4.69, 9.17) is 14.2 Å². The number of hydrogen-bond donors (Lipinski definition) is 2. The minimum absolute atomic E-state index is 0.384. The first-order valence-electron chi connectivity index (χ1n) is 10.1. The number of fused-ring (bicyclic) bond motifs is 1. The maximum atomic E-state index is 12.4. The van der Waals surface area contributed by atoms with Crippen LogP contribution in [-0.2, 0) is 20.6 Å². The number of nitrogens with one attached hydrogen (secondary N) is 1. The van der Waals surface area contributed by atoms with Gasteiger partial charge in [0, 0.05) is 13.2 Å². The molecular formula is C23H33NO5. The molecule has 0 spiro atoms. The summed E-state index contributed by atoms with van der Waals surface area (Å²) in [5.74, 6) is 0. The largest absolute Gasteiger partial charge is 0.444 e. The van der Waals surface area contributed by atoms with E-state index < -0.39 is 30.1 Å². The van der Waals surface area contributed by atoms with Gasteiger partial charge in [0.25, 0.3) is 0 Å². The maximum Gasteiger partial charge on any atom is 0.407 e. The van der Waals surface area contributed by atoms with Gasteiger partial charge in [0.05, 0.1) is 6.04 Å². The van der Waals surface area contributed by atoms with E-state index in [1.165, 1.54) is 0 Å². The number of rotatable bonds is 9. The fourth-order valence-electron chi connectivity index (χ4n) is 3.19. The first-order valence-corrected chi connectivity index (χ1v) is 10.1. The lowest BCUT2D eigenvalue weighted by molar-refractivity contribution is -0.195. The average Bonchev–Trinajstić information content (AvgIpc) is 2.65. The molecular weight excluding hydrogens is 370 g/mol. The third-order valence-corrected chi connectivity index (χ3v) is 4.37. The molecule has 160 valence electrons. The summed E-state index contributed by atoms with van der Waals surface area (Å²) >= 11 is 0. The van der Waals surface area contributed by atoms with Crippen LogP contribution in [0.15, 0.2) is 42.5 Å². The zero-order valence-electron chi connectivity index (χ0n) is 18.0. The number of amides is 1. The van der Waals surface area contributed by atoms with E-state index in [2.05, 4.69) is 5.32 Å². The predicted octanol–water partition coefficient (Wildman–Crippen LogP) is 4.04. The molecule has 0 aliphatic carbocycles. The summed E-state index contributed by atoms with van der Waals surface area (Å²) in [7, 11) is 0. The fraction of sp³-hybridized carbons (Fsp3) is 0.522. The molecule has 0 aliphatic rings. The highest BCUT2D eigenvalue weighted by Crippen LogP contribution is 2.22. The first kappa shape index (κ1) is 23.1. The summed E-state index contributed by atoms with van der Waals surface area (Å²) in [5.41, 5.74) is 0.369. The van der Waals surface area contributed by atoms with Crippen LogP contribution >= 0.6 is 0 Å². The molecule has 1 amide bonds. The van der Waals surface area contributed by atoms with Crippen LogP contribution in [0.1, 0.15) is 40.2 Å². The highest BCUT2D eigenvalue weighted by atomic mass is 16.7. The molecule has 0 saturated carbocycles. The van der Waals surface area contributed by atoms with Gasteiger partial charge in [-0.25, -0.2) is 4.79 Å². The van der Waals surface area contributed by atoms with Crippen molar-refractivity contribution in [2.75, 3.05) is 13.2 Å². The Labute approximate surface area is 173 Å². The molecule has 2 atom stereocenters. The molecule has 6 nitrogen and oxygen atoms in total. The number of carbonyl (C=O) groups excluding carboxylic acids is 1. The molecule has 29 heavy (non-hydrogen) atoms. The van der Waals surface area contributed by atoms with Crippen molar-refractivity contribution >= 4 is 16.9 Å². The second-order valence-corrected chi connectivity index (χ2v) is 7.86. The number of benzene rings is 2. The smallest absolute Gasteiger partial charge is 0.407 e. The minimum Gasteiger partial charge on any atom is -0.444 e. The van der Waals surface area contributed by atoms with Gasteiger partial charge in [0.15, 0.2) is 6.29 Å². The lowest BCUT2D eigenvalue weighted by Gasteiger charge is -2.31. The Hall–Kier alpha value is -2.15. The summed E-state index contributed by atoms with van der Waals surface area (Å²) in [5, 5.41) is 16.0. The Balaban J connectivity index is 2.30. The third-order valence-electron chi connectivity index (χ3n) is 4.37. The predicted molar refractivity (Wildman–Crippen MR) is 114 cm³/mol. The molecule has 0 saturated heterocycles. The average molecular weight is 404 g/mol. The Morgan fingerprint density at radius 1 is 1.03 bits per heavy atom. The quantitative estimate of drug-likeness (QED) is 0.618. The van der Waals surface area contributed by atoms with Crippen LogP contribution in [0, 0.1) is 0 Å². The van der Waals surface area contributed by atoms with E-state index in [9.17, 15) is 9.90 Å². The summed E-state index contributed by atoms with van der Waals surface area (Å²) in [6, 6.07) is 13.4. The standard InChI is InChI=1S/C23H33NO5/c1-6-27-21(28-7-2)20(25)19(24-22(26)29-23(3,4)5)15-17-13-10-12-16-11-8-9-14-18(16)17/h8-14,19-21,25H,6-7,15H2,1-5H3,(H,24,26). The number of alkyl carbamates (subject to hydrolysis) is 1. The molecule has 2 rings (SSSR count). The van der Waals surface area contributed by atoms with Crippen LogP contribution in [0.5, 0.6) is 0 Å². The van der Waals surface area contributed by atoms with E-state index in [0.717, 1.165) is 16.3 Å². The molecule has 0 fully saturated rings. The van der Waals surface area contributed by atoms with Crippen LogP contribution in [0.4, 0.5) is 4.79 Å². The first-order chi connectivity index (χ1) is 13.7. The maximum absolute atomic E-state index is 12.4. The molecule has 0 bridgehead atoms. The summed E-state index contributed by atoms with van der Waals surface area (Å²) in [4.78, 5) is 12.4. The van der Waals surface area contributed by atoms with Crippen molar-refractivity contribution in [3.05, 3.63) is 48.0 Å². The second-order valence-electron chi connectivity index (χ2n) is 7.86. The summed E-state index contributed by atoms with van der Waals surface area (Å²) in [6.45, 7) is 9.83. The molecule has 0 aromatic heterocycles. The van der Waals surface area contributed by atoms with Crippen LogP contribution in [0.2, 0.25) is 0 Å². The Morgan fingerprint density at radius 2 is 1.66 bits per heavy atom. The number of hydrogen-bond acceptors (Lipinski definition) is 5. The van der Waals surface area contributed by atoms with E-state index >= 15 is 0 Å². The fourth-order valence-corrected chi connectivity index (χ4v) is 3.19. The molecule has 0 heterocycles. The normalized spacial score (nSPS) is 14.0. The number of ether oxygens (including phenoxy) is 3. The Kier molecular flexibility index (Phi) is 8.44. The summed E-state index contributed by atoms with van der Waals surface area (Å²) in [6.07, 6.45) is -2.10. The van der Waals surface area contributed by atoms with Crippen molar-refractivity contribution in [1.29, 1.82) is 0 Å². The number of aliphatic hydroxyl groups excluding tert-OH is 1. The topological polar surface area (TPSA) is 77.0 Å². The zero-order chi connectivity index (χ0) is 21.4. The molecule has 6 heteroatoms. The molecule has 0 radical (unpaired) electrons.